The fourth-order valence-corrected chi connectivity index (χ4v) is 2.48. The third-order valence-corrected chi connectivity index (χ3v) is 3.50. The molecule has 0 spiro atoms. The van der Waals surface area contributed by atoms with E-state index in [0.29, 0.717) is 6.04 Å². The van der Waals surface area contributed by atoms with Crippen LogP contribution in [0.2, 0.25) is 0 Å². The van der Waals surface area contributed by atoms with Gasteiger partial charge in [-0.15, -0.1) is 0 Å². The molecule has 1 atom stereocenters. The normalized spacial score (nSPS) is 20.6. The lowest BCUT2D eigenvalue weighted by Gasteiger charge is -2.18. The van der Waals surface area contributed by atoms with Gasteiger partial charge >= 0.3 is 5.97 Å². The van der Waals surface area contributed by atoms with E-state index in [9.17, 15) is 4.79 Å². The van der Waals surface area contributed by atoms with Crippen molar-refractivity contribution in [3.05, 3.63) is 18.2 Å². The van der Waals surface area contributed by atoms with Crippen LogP contribution in [0.1, 0.15) is 32.0 Å². The van der Waals surface area contributed by atoms with E-state index < -0.39 is 0 Å². The van der Waals surface area contributed by atoms with Crippen LogP contribution in [0.5, 0.6) is 0 Å². The molecule has 0 saturated carbocycles. The molecule has 1 aliphatic heterocycles. The summed E-state index contributed by atoms with van der Waals surface area (Å²) >= 11 is 0. The van der Waals surface area contributed by atoms with Crippen molar-refractivity contribution in [3.63, 3.8) is 0 Å². The van der Waals surface area contributed by atoms with Gasteiger partial charge in [0.05, 0.1) is 25.0 Å². The van der Waals surface area contributed by atoms with E-state index in [0.717, 1.165) is 26.1 Å². The van der Waals surface area contributed by atoms with Gasteiger partial charge in [-0.1, -0.05) is 0 Å². The third-order valence-electron chi connectivity index (χ3n) is 3.50. The van der Waals surface area contributed by atoms with Gasteiger partial charge in [-0.05, 0) is 26.8 Å². The van der Waals surface area contributed by atoms with Gasteiger partial charge in [-0.3, -0.25) is 9.69 Å². The highest BCUT2D eigenvalue weighted by molar-refractivity contribution is 5.72. The van der Waals surface area contributed by atoms with Gasteiger partial charge in [-0.25, -0.2) is 4.98 Å². The Morgan fingerprint density at radius 1 is 1.61 bits per heavy atom. The number of imidazole rings is 1. The Morgan fingerprint density at radius 3 is 3.06 bits per heavy atom. The molecule has 100 valence electrons. The van der Waals surface area contributed by atoms with Gasteiger partial charge < -0.3 is 9.30 Å². The van der Waals surface area contributed by atoms with E-state index >= 15 is 0 Å². The number of carbonyl (C=O) groups is 1. The van der Waals surface area contributed by atoms with Gasteiger partial charge in [-0.2, -0.15) is 0 Å². The summed E-state index contributed by atoms with van der Waals surface area (Å²) in [6.07, 6.45) is 4.67. The number of esters is 1. The molecule has 0 aromatic carbocycles. The van der Waals surface area contributed by atoms with Gasteiger partial charge in [0.2, 0.25) is 0 Å². The van der Waals surface area contributed by atoms with Crippen molar-refractivity contribution in [1.82, 2.24) is 14.5 Å². The summed E-state index contributed by atoms with van der Waals surface area (Å²) in [5, 5.41) is 0. The van der Waals surface area contributed by atoms with E-state index in [1.165, 1.54) is 12.8 Å². The van der Waals surface area contributed by atoms with Crippen molar-refractivity contribution in [2.24, 2.45) is 5.92 Å². The van der Waals surface area contributed by atoms with E-state index in [4.69, 9.17) is 4.74 Å². The van der Waals surface area contributed by atoms with Crippen LogP contribution in [0.25, 0.3) is 0 Å². The average molecular weight is 251 g/mol. The Hall–Kier alpha value is -1.36. The maximum Gasteiger partial charge on any atom is 0.310 e. The highest BCUT2D eigenvalue weighted by Crippen LogP contribution is 2.20. The minimum Gasteiger partial charge on any atom is -0.469 e. The Bertz CT molecular complexity index is 414. The number of rotatable bonds is 4. The number of methoxy groups -OCH3 is 1. The Labute approximate surface area is 108 Å². The summed E-state index contributed by atoms with van der Waals surface area (Å²) in [4.78, 5) is 18.0. The predicted octanol–water partition coefficient (Wildman–Crippen LogP) is 1.46. The molecule has 0 N–H and O–H groups in total. The molecule has 18 heavy (non-hydrogen) atoms. The van der Waals surface area contributed by atoms with E-state index in [1.54, 1.807) is 0 Å². The molecule has 1 unspecified atom stereocenters. The summed E-state index contributed by atoms with van der Waals surface area (Å²) in [5.41, 5.74) is 1.20. The predicted molar refractivity (Wildman–Crippen MR) is 68.0 cm³/mol. The molecular weight excluding hydrogens is 230 g/mol. The van der Waals surface area contributed by atoms with E-state index in [1.807, 2.05) is 12.5 Å². The Morgan fingerprint density at radius 2 is 2.39 bits per heavy atom. The molecule has 1 aromatic rings. The maximum atomic E-state index is 11.5. The van der Waals surface area contributed by atoms with Crippen LogP contribution >= 0.6 is 0 Å². The van der Waals surface area contributed by atoms with Crippen LogP contribution in [0.15, 0.2) is 12.5 Å². The summed E-state index contributed by atoms with van der Waals surface area (Å²) in [7, 11) is 1.46. The number of carbonyl (C=O) groups excluding carboxylic acids is 1. The highest BCUT2D eigenvalue weighted by Gasteiger charge is 2.29. The zero-order valence-corrected chi connectivity index (χ0v) is 11.3. The van der Waals surface area contributed by atoms with E-state index in [2.05, 4.69) is 28.3 Å². The second-order valence-electron chi connectivity index (χ2n) is 5.13. The lowest BCUT2D eigenvalue weighted by Crippen LogP contribution is -2.24. The van der Waals surface area contributed by atoms with Gasteiger partial charge in [0.15, 0.2) is 0 Å². The van der Waals surface area contributed by atoms with Gasteiger partial charge in [0.1, 0.15) is 0 Å². The number of aromatic nitrogens is 2. The van der Waals surface area contributed by atoms with Crippen molar-refractivity contribution in [1.29, 1.82) is 0 Å². The topological polar surface area (TPSA) is 47.4 Å². The maximum absolute atomic E-state index is 11.5. The van der Waals surface area contributed by atoms with Crippen LogP contribution < -0.4 is 0 Å². The fraction of sp³-hybridized carbons (Fsp3) is 0.692. The summed E-state index contributed by atoms with van der Waals surface area (Å²) in [6.45, 7) is 6.88. The summed E-state index contributed by atoms with van der Waals surface area (Å²) < 4.78 is 6.97. The minimum absolute atomic E-state index is 0.0328. The lowest BCUT2D eigenvalue weighted by atomic mass is 10.1. The van der Waals surface area contributed by atoms with Crippen LogP contribution in [0, 0.1) is 5.92 Å². The zero-order valence-electron chi connectivity index (χ0n) is 11.3. The molecule has 0 amide bonds. The molecule has 1 saturated heterocycles. The monoisotopic (exact) mass is 251 g/mol. The molecule has 0 bridgehead atoms. The number of nitrogens with zero attached hydrogens (tertiary/aromatic N) is 3. The smallest absolute Gasteiger partial charge is 0.310 e. The Kier molecular flexibility index (Phi) is 4.01. The molecule has 2 rings (SSSR count). The molecule has 0 radical (unpaired) electrons. The number of hydrogen-bond donors (Lipinski definition) is 0. The first kappa shape index (κ1) is 13.1. The molecule has 1 aliphatic rings. The average Bonchev–Trinajstić information content (AvgIpc) is 2.97. The van der Waals surface area contributed by atoms with Crippen LogP contribution in [0.4, 0.5) is 0 Å². The Balaban J connectivity index is 1.95. The lowest BCUT2D eigenvalue weighted by molar-refractivity contribution is -0.144. The van der Waals surface area contributed by atoms with Crippen LogP contribution in [0.3, 0.4) is 0 Å². The van der Waals surface area contributed by atoms with E-state index in [-0.39, 0.29) is 11.9 Å². The SMILES string of the molecule is COC(=O)C1CCN(Cc2cncn2C(C)C)C1. The fourth-order valence-electron chi connectivity index (χ4n) is 2.48. The minimum atomic E-state index is -0.0881. The van der Waals surface area contributed by atoms with Gasteiger partial charge in [0, 0.05) is 25.3 Å². The number of hydrogen-bond acceptors (Lipinski definition) is 4. The molecule has 0 aliphatic carbocycles. The summed E-state index contributed by atoms with van der Waals surface area (Å²) in [5.74, 6) is -0.0553. The molecule has 5 nitrogen and oxygen atoms in total. The first-order valence-corrected chi connectivity index (χ1v) is 6.42. The first-order valence-electron chi connectivity index (χ1n) is 6.42. The molecule has 2 heterocycles. The zero-order chi connectivity index (χ0) is 13.1. The first-order chi connectivity index (χ1) is 8.61. The van der Waals surface area contributed by atoms with Crippen LogP contribution in [-0.4, -0.2) is 40.6 Å². The number of ether oxygens (including phenoxy) is 1. The quantitative estimate of drug-likeness (QED) is 0.760. The molecule has 1 fully saturated rings. The van der Waals surface area contributed by atoms with Crippen molar-refractivity contribution in [2.45, 2.75) is 32.9 Å². The number of likely N-dealkylation sites (tertiary alicyclic amines) is 1. The molecule has 5 heteroatoms. The second-order valence-corrected chi connectivity index (χ2v) is 5.13. The molecular formula is C13H21N3O2. The summed E-state index contributed by atoms with van der Waals surface area (Å²) in [6, 6.07) is 0.418. The van der Waals surface area contributed by atoms with Crippen molar-refractivity contribution < 1.29 is 9.53 Å². The highest BCUT2D eigenvalue weighted by atomic mass is 16.5. The van der Waals surface area contributed by atoms with Crippen molar-refractivity contribution >= 4 is 5.97 Å². The van der Waals surface area contributed by atoms with Crippen LogP contribution in [-0.2, 0) is 16.1 Å². The van der Waals surface area contributed by atoms with Crippen molar-refractivity contribution in [2.75, 3.05) is 20.2 Å². The largest absolute Gasteiger partial charge is 0.469 e. The molecule has 1 aromatic heterocycles. The standard InChI is InChI=1S/C13H21N3O2/c1-10(2)16-9-14-6-12(16)8-15-5-4-11(7-15)13(17)18-3/h6,9-11H,4-5,7-8H2,1-3H3. The van der Waals surface area contributed by atoms with Crippen molar-refractivity contribution in [3.8, 4) is 0 Å². The second kappa shape index (κ2) is 5.52. The van der Waals surface area contributed by atoms with Gasteiger partial charge in [0.25, 0.3) is 0 Å². The third kappa shape index (κ3) is 2.72.